The van der Waals surface area contributed by atoms with Crippen LogP contribution in [0.2, 0.25) is 0 Å². The van der Waals surface area contributed by atoms with Crippen LogP contribution in [0.3, 0.4) is 0 Å². The van der Waals surface area contributed by atoms with Crippen molar-refractivity contribution in [2.75, 3.05) is 0 Å². The van der Waals surface area contributed by atoms with E-state index in [1.807, 2.05) is 19.1 Å². The molecule has 0 saturated heterocycles. The summed E-state index contributed by atoms with van der Waals surface area (Å²) in [6, 6.07) is 0. The second-order valence-corrected chi connectivity index (χ2v) is 6.95. The van der Waals surface area contributed by atoms with Crippen molar-refractivity contribution in [2.45, 2.75) is 53.9 Å². The summed E-state index contributed by atoms with van der Waals surface area (Å²) in [5, 5.41) is 0. The number of carbonyl (C=O) groups excluding carboxylic acids is 1. The van der Waals surface area contributed by atoms with Gasteiger partial charge in [0.2, 0.25) is 0 Å². The van der Waals surface area contributed by atoms with E-state index < -0.39 is 0 Å². The van der Waals surface area contributed by atoms with E-state index in [0.717, 1.165) is 11.1 Å². The molecule has 1 aliphatic carbocycles. The minimum absolute atomic E-state index is 0.262. The van der Waals surface area contributed by atoms with Gasteiger partial charge in [0.25, 0.3) is 0 Å². The topological polar surface area (TPSA) is 26.3 Å². The molecule has 2 nitrogen and oxygen atoms in total. The van der Waals surface area contributed by atoms with Crippen molar-refractivity contribution < 1.29 is 9.53 Å². The first-order chi connectivity index (χ1) is 10.3. The van der Waals surface area contributed by atoms with E-state index in [0.29, 0.717) is 5.76 Å². The minimum Gasteiger partial charge on any atom is -0.423 e. The number of esters is 1. The van der Waals surface area contributed by atoms with E-state index in [1.165, 1.54) is 36.5 Å². The normalized spacial score (nSPS) is 24.2. The van der Waals surface area contributed by atoms with Crippen molar-refractivity contribution in [3.05, 3.63) is 58.4 Å². The van der Waals surface area contributed by atoms with E-state index in [9.17, 15) is 4.79 Å². The molecule has 118 valence electrons. The Balaban J connectivity index is 2.13. The summed E-state index contributed by atoms with van der Waals surface area (Å²) in [4.78, 5) is 11.2. The Morgan fingerprint density at radius 1 is 1.32 bits per heavy atom. The van der Waals surface area contributed by atoms with Gasteiger partial charge in [-0.25, -0.2) is 4.79 Å². The smallest absolute Gasteiger partial charge is 0.336 e. The lowest BCUT2D eigenvalue weighted by atomic mass is 9.72. The van der Waals surface area contributed by atoms with Gasteiger partial charge in [-0.1, -0.05) is 43.2 Å². The van der Waals surface area contributed by atoms with Crippen LogP contribution in [0, 0.1) is 5.41 Å². The van der Waals surface area contributed by atoms with Crippen LogP contribution in [0.5, 0.6) is 0 Å². The van der Waals surface area contributed by atoms with Crippen molar-refractivity contribution in [3.63, 3.8) is 0 Å². The van der Waals surface area contributed by atoms with Gasteiger partial charge >= 0.3 is 5.97 Å². The average molecular weight is 298 g/mol. The summed E-state index contributed by atoms with van der Waals surface area (Å²) in [5.74, 6) is 0.362. The average Bonchev–Trinajstić information content (AvgIpc) is 2.73. The Bertz CT molecular complexity index is 622. The summed E-state index contributed by atoms with van der Waals surface area (Å²) in [6.45, 7) is 10.8. The molecule has 0 fully saturated rings. The molecule has 0 amide bonds. The molecular formula is C20H26O2. The fourth-order valence-electron chi connectivity index (χ4n) is 3.12. The van der Waals surface area contributed by atoms with Crippen LogP contribution in [-0.4, -0.2) is 5.97 Å². The van der Waals surface area contributed by atoms with Crippen molar-refractivity contribution in [1.82, 2.24) is 0 Å². The Labute approximate surface area is 133 Å². The molecule has 0 aromatic carbocycles. The molecule has 0 N–H and O–H groups in total. The molecule has 0 aromatic heterocycles. The highest BCUT2D eigenvalue weighted by Gasteiger charge is 2.26. The standard InChI is InChI=1S/C20H26O2/c1-14(9-11-18-16(3)13-19(21)22-18)8-10-17-15(2)7-6-12-20(17,4)5/h8-11,13H,6-7,12H2,1-5H3/b10-8+,14-9+,18-11-. The zero-order valence-corrected chi connectivity index (χ0v) is 14.3. The Hall–Kier alpha value is -1.83. The predicted molar refractivity (Wildman–Crippen MR) is 91.2 cm³/mol. The van der Waals surface area contributed by atoms with E-state index in [2.05, 4.69) is 39.8 Å². The molecule has 0 atom stereocenters. The molecule has 22 heavy (non-hydrogen) atoms. The second kappa shape index (κ2) is 6.51. The summed E-state index contributed by atoms with van der Waals surface area (Å²) in [7, 11) is 0. The molecule has 2 rings (SSSR count). The van der Waals surface area contributed by atoms with Crippen molar-refractivity contribution in [3.8, 4) is 0 Å². The van der Waals surface area contributed by atoms with E-state index >= 15 is 0 Å². The molecule has 0 radical (unpaired) electrons. The fourth-order valence-corrected chi connectivity index (χ4v) is 3.12. The summed E-state index contributed by atoms with van der Waals surface area (Å²) in [6.07, 6.45) is 13.5. The highest BCUT2D eigenvalue weighted by Crippen LogP contribution is 2.40. The number of rotatable bonds is 3. The van der Waals surface area contributed by atoms with Gasteiger partial charge in [-0.05, 0) is 62.7 Å². The highest BCUT2D eigenvalue weighted by atomic mass is 16.5. The van der Waals surface area contributed by atoms with Crippen LogP contribution in [0.4, 0.5) is 0 Å². The number of ether oxygens (including phenoxy) is 1. The van der Waals surface area contributed by atoms with Crippen molar-refractivity contribution in [1.29, 1.82) is 0 Å². The molecule has 2 heteroatoms. The van der Waals surface area contributed by atoms with Crippen LogP contribution < -0.4 is 0 Å². The molecule has 1 aliphatic heterocycles. The lowest BCUT2D eigenvalue weighted by molar-refractivity contribution is -0.132. The summed E-state index contributed by atoms with van der Waals surface area (Å²) >= 11 is 0. The van der Waals surface area contributed by atoms with Gasteiger partial charge in [0.15, 0.2) is 0 Å². The van der Waals surface area contributed by atoms with E-state index in [-0.39, 0.29) is 11.4 Å². The summed E-state index contributed by atoms with van der Waals surface area (Å²) < 4.78 is 5.12. The molecule has 0 aromatic rings. The number of hydrogen-bond donors (Lipinski definition) is 0. The van der Waals surface area contributed by atoms with Crippen LogP contribution >= 0.6 is 0 Å². The molecule has 0 unspecified atom stereocenters. The maximum atomic E-state index is 11.2. The van der Waals surface area contributed by atoms with Gasteiger partial charge in [0.05, 0.1) is 0 Å². The molecule has 0 saturated carbocycles. The van der Waals surface area contributed by atoms with Crippen LogP contribution in [0.1, 0.15) is 53.9 Å². The third-order valence-electron chi connectivity index (χ3n) is 4.49. The van der Waals surface area contributed by atoms with Gasteiger partial charge < -0.3 is 4.74 Å². The zero-order chi connectivity index (χ0) is 16.3. The van der Waals surface area contributed by atoms with Crippen molar-refractivity contribution >= 4 is 5.97 Å². The lowest BCUT2D eigenvalue weighted by Crippen LogP contribution is -2.19. The quantitative estimate of drug-likeness (QED) is 0.515. The largest absolute Gasteiger partial charge is 0.423 e. The monoisotopic (exact) mass is 298 g/mol. The third-order valence-corrected chi connectivity index (χ3v) is 4.49. The molecule has 1 heterocycles. The number of allylic oxidation sites excluding steroid dienone is 8. The first kappa shape index (κ1) is 16.5. The Morgan fingerprint density at radius 3 is 2.64 bits per heavy atom. The highest BCUT2D eigenvalue weighted by molar-refractivity contribution is 5.88. The molecule has 2 aliphatic rings. The first-order valence-electron chi connectivity index (χ1n) is 7.97. The predicted octanol–water partition coefficient (Wildman–Crippen LogP) is 5.40. The maximum absolute atomic E-state index is 11.2. The van der Waals surface area contributed by atoms with Gasteiger partial charge in [0, 0.05) is 6.08 Å². The van der Waals surface area contributed by atoms with Crippen LogP contribution in [0.15, 0.2) is 58.4 Å². The van der Waals surface area contributed by atoms with Gasteiger partial charge in [-0.2, -0.15) is 0 Å². The Morgan fingerprint density at radius 2 is 2.05 bits per heavy atom. The number of cyclic esters (lactones) is 1. The second-order valence-electron chi connectivity index (χ2n) is 6.95. The SMILES string of the molecule is CC1=CC(=O)O\C1=C/C=C(C)/C=C/C1=C(C)CCCC1(C)C. The fraction of sp³-hybridized carbons (Fsp3) is 0.450. The first-order valence-corrected chi connectivity index (χ1v) is 7.97. The van der Waals surface area contributed by atoms with Crippen LogP contribution in [-0.2, 0) is 9.53 Å². The molecule has 0 spiro atoms. The minimum atomic E-state index is -0.282. The van der Waals surface area contributed by atoms with Gasteiger partial charge in [-0.3, -0.25) is 0 Å². The van der Waals surface area contributed by atoms with E-state index in [1.54, 1.807) is 0 Å². The third kappa shape index (κ3) is 3.88. The van der Waals surface area contributed by atoms with E-state index in [4.69, 9.17) is 4.74 Å². The zero-order valence-electron chi connectivity index (χ0n) is 14.3. The van der Waals surface area contributed by atoms with Gasteiger partial charge in [-0.15, -0.1) is 0 Å². The van der Waals surface area contributed by atoms with Crippen molar-refractivity contribution in [2.24, 2.45) is 5.41 Å². The summed E-state index contributed by atoms with van der Waals surface area (Å²) in [5.41, 5.74) is 5.25. The van der Waals surface area contributed by atoms with Gasteiger partial charge in [0.1, 0.15) is 5.76 Å². The number of carbonyl (C=O) groups is 1. The molecular weight excluding hydrogens is 272 g/mol. The maximum Gasteiger partial charge on any atom is 0.336 e. The number of hydrogen-bond acceptors (Lipinski definition) is 2. The lowest BCUT2D eigenvalue weighted by Gasteiger charge is -2.32. The molecule has 0 bridgehead atoms. The van der Waals surface area contributed by atoms with Crippen LogP contribution in [0.25, 0.3) is 0 Å². The Kier molecular flexibility index (Phi) is 4.90.